The summed E-state index contributed by atoms with van der Waals surface area (Å²) in [6, 6.07) is 0. The predicted molar refractivity (Wildman–Crippen MR) is 65.1 cm³/mol. The number of carbonyl (C=O) groups is 3. The number of ether oxygens (including phenoxy) is 2. The maximum atomic E-state index is 12.1. The second-order valence-electron chi connectivity index (χ2n) is 4.61. The van der Waals surface area contributed by atoms with Crippen LogP contribution in [0.4, 0.5) is 0 Å². The van der Waals surface area contributed by atoms with Crippen LogP contribution in [0.5, 0.6) is 0 Å². The molecule has 0 N–H and O–H groups in total. The number of esters is 1. The van der Waals surface area contributed by atoms with Gasteiger partial charge in [0.2, 0.25) is 11.6 Å². The van der Waals surface area contributed by atoms with Crippen molar-refractivity contribution in [2.24, 2.45) is 0 Å². The summed E-state index contributed by atoms with van der Waals surface area (Å²) in [5, 5.41) is 0. The van der Waals surface area contributed by atoms with E-state index in [2.05, 4.69) is 4.98 Å². The second-order valence-corrected chi connectivity index (χ2v) is 4.61. The zero-order valence-electron chi connectivity index (χ0n) is 11.0. The molecule has 7 nitrogen and oxygen atoms in total. The molecule has 0 bridgehead atoms. The number of Topliss-reactive ketones (excluding diaryl/α,β-unsaturated/α-hetero) is 1. The highest BCUT2D eigenvalue weighted by Crippen LogP contribution is 2.33. The van der Waals surface area contributed by atoms with Crippen LogP contribution in [0.1, 0.15) is 46.2 Å². The molecule has 1 aromatic rings. The lowest BCUT2D eigenvalue weighted by molar-refractivity contribution is -0.146. The lowest BCUT2D eigenvalue weighted by Gasteiger charge is -2.11. The first kappa shape index (κ1) is 12.6. The minimum absolute atomic E-state index is 0.0247. The molecule has 0 fully saturated rings. The molecule has 7 heteroatoms. The first-order valence-electron chi connectivity index (χ1n) is 6.15. The molecule has 0 saturated carbocycles. The summed E-state index contributed by atoms with van der Waals surface area (Å²) in [5.74, 6) is -0.747. The number of carbonyl (C=O) groups excluding carboxylic acids is 3. The van der Waals surface area contributed by atoms with Gasteiger partial charge in [0, 0.05) is 26.0 Å². The van der Waals surface area contributed by atoms with Gasteiger partial charge in [-0.1, -0.05) is 0 Å². The van der Waals surface area contributed by atoms with E-state index in [-0.39, 0.29) is 22.9 Å². The van der Waals surface area contributed by atoms with E-state index in [1.807, 2.05) is 0 Å². The fourth-order valence-corrected chi connectivity index (χ4v) is 2.56. The topological polar surface area (TPSA) is 87.5 Å². The minimum Gasteiger partial charge on any atom is -0.492 e. The molecule has 0 saturated heterocycles. The molecular weight excluding hydrogens is 264 g/mol. The van der Waals surface area contributed by atoms with Gasteiger partial charge < -0.3 is 14.0 Å². The summed E-state index contributed by atoms with van der Waals surface area (Å²) in [6.07, 6.45) is 1.21. The largest absolute Gasteiger partial charge is 0.492 e. The van der Waals surface area contributed by atoms with Gasteiger partial charge in [0.05, 0.1) is 7.11 Å². The van der Waals surface area contributed by atoms with Crippen LogP contribution in [0.3, 0.4) is 0 Å². The van der Waals surface area contributed by atoms with E-state index in [0.29, 0.717) is 18.8 Å². The van der Waals surface area contributed by atoms with Crippen LogP contribution in [0.25, 0.3) is 0 Å². The van der Waals surface area contributed by atoms with Crippen LogP contribution in [-0.2, 0) is 20.8 Å². The number of imidazole rings is 1. The monoisotopic (exact) mass is 276 g/mol. The fourth-order valence-electron chi connectivity index (χ4n) is 2.56. The highest BCUT2D eigenvalue weighted by atomic mass is 16.5. The lowest BCUT2D eigenvalue weighted by atomic mass is 10.0. The lowest BCUT2D eigenvalue weighted by Crippen LogP contribution is -2.20. The molecule has 0 spiro atoms. The Hall–Kier alpha value is -2.44. The molecule has 2 heterocycles. The van der Waals surface area contributed by atoms with Gasteiger partial charge in [0.1, 0.15) is 11.4 Å². The number of methoxy groups -OCH3 is 1. The number of rotatable bonds is 2. The van der Waals surface area contributed by atoms with Gasteiger partial charge in [-0.3, -0.25) is 14.4 Å². The van der Waals surface area contributed by atoms with E-state index in [4.69, 9.17) is 9.47 Å². The maximum Gasteiger partial charge on any atom is 0.303 e. The first-order valence-corrected chi connectivity index (χ1v) is 6.15. The summed E-state index contributed by atoms with van der Waals surface area (Å²) < 4.78 is 11.7. The average molecular weight is 276 g/mol. The van der Waals surface area contributed by atoms with Crippen LogP contribution < -0.4 is 0 Å². The van der Waals surface area contributed by atoms with E-state index >= 15 is 0 Å². The molecule has 3 rings (SSSR count). The number of hydrogen-bond donors (Lipinski definition) is 0. The third-order valence-electron chi connectivity index (χ3n) is 3.36. The van der Waals surface area contributed by atoms with Gasteiger partial charge in [-0.05, 0) is 0 Å². The SMILES string of the molecule is COC1=CC(=O)c2c(nc3n2CCC3OC(C)=O)C1=O. The zero-order chi connectivity index (χ0) is 14.4. The fraction of sp³-hybridized carbons (Fsp3) is 0.385. The van der Waals surface area contributed by atoms with E-state index < -0.39 is 17.9 Å². The Morgan fingerprint density at radius 1 is 1.45 bits per heavy atom. The van der Waals surface area contributed by atoms with Gasteiger partial charge in [-0.15, -0.1) is 0 Å². The number of fused-ring (bicyclic) bond motifs is 3. The molecule has 1 atom stereocenters. The normalized spacial score (nSPS) is 20.3. The van der Waals surface area contributed by atoms with Crippen molar-refractivity contribution in [3.63, 3.8) is 0 Å². The van der Waals surface area contributed by atoms with Gasteiger partial charge in [-0.2, -0.15) is 0 Å². The third kappa shape index (κ3) is 1.66. The Morgan fingerprint density at radius 2 is 2.20 bits per heavy atom. The Morgan fingerprint density at radius 3 is 2.85 bits per heavy atom. The number of nitrogens with zero attached hydrogens (tertiary/aromatic N) is 2. The van der Waals surface area contributed by atoms with Gasteiger partial charge in [-0.25, -0.2) is 4.98 Å². The van der Waals surface area contributed by atoms with Crippen molar-refractivity contribution in [1.29, 1.82) is 0 Å². The van der Waals surface area contributed by atoms with E-state index in [1.165, 1.54) is 20.1 Å². The Kier molecular flexibility index (Phi) is 2.70. The molecule has 0 amide bonds. The van der Waals surface area contributed by atoms with Crippen molar-refractivity contribution < 1.29 is 23.9 Å². The van der Waals surface area contributed by atoms with Gasteiger partial charge >= 0.3 is 5.97 Å². The number of allylic oxidation sites excluding steroid dienone is 2. The summed E-state index contributed by atoms with van der Waals surface area (Å²) in [7, 11) is 1.33. The van der Waals surface area contributed by atoms with Crippen LogP contribution in [-0.4, -0.2) is 34.2 Å². The Balaban J connectivity index is 2.07. The molecule has 20 heavy (non-hydrogen) atoms. The van der Waals surface area contributed by atoms with E-state index in [0.717, 1.165) is 0 Å². The van der Waals surface area contributed by atoms with E-state index in [9.17, 15) is 14.4 Å². The average Bonchev–Trinajstić information content (AvgIpc) is 2.94. The van der Waals surface area contributed by atoms with Crippen molar-refractivity contribution in [2.45, 2.75) is 26.0 Å². The summed E-state index contributed by atoms with van der Waals surface area (Å²) in [6.45, 7) is 1.80. The molecule has 1 aromatic heterocycles. The number of hydrogen-bond acceptors (Lipinski definition) is 6. The van der Waals surface area contributed by atoms with Crippen molar-refractivity contribution >= 4 is 17.5 Å². The van der Waals surface area contributed by atoms with Crippen molar-refractivity contribution in [3.05, 3.63) is 29.0 Å². The number of aromatic nitrogens is 2. The molecule has 1 aliphatic heterocycles. The zero-order valence-corrected chi connectivity index (χ0v) is 11.0. The van der Waals surface area contributed by atoms with Crippen molar-refractivity contribution in [3.8, 4) is 0 Å². The summed E-state index contributed by atoms with van der Waals surface area (Å²) in [4.78, 5) is 39.4. The highest BCUT2D eigenvalue weighted by molar-refractivity contribution is 6.22. The molecular formula is C13H12N2O5. The molecule has 0 aromatic carbocycles. The number of ketones is 2. The molecule has 1 unspecified atom stereocenters. The minimum atomic E-state index is -0.510. The predicted octanol–water partition coefficient (Wildman–Crippen LogP) is 0.800. The van der Waals surface area contributed by atoms with Crippen molar-refractivity contribution in [1.82, 2.24) is 9.55 Å². The molecule has 0 radical (unpaired) electrons. The first-order chi connectivity index (χ1) is 9.52. The third-order valence-corrected chi connectivity index (χ3v) is 3.36. The standard InChI is InChI=1S/C13H12N2O5/c1-6(16)20-8-3-4-15-11-7(17)5-9(19-2)12(18)10(11)14-13(8)15/h5,8H,3-4H2,1-2H3. The molecule has 1 aliphatic carbocycles. The summed E-state index contributed by atoms with van der Waals surface area (Å²) >= 11 is 0. The Labute approximate surface area is 114 Å². The van der Waals surface area contributed by atoms with E-state index in [1.54, 1.807) is 4.57 Å². The molecule has 104 valence electrons. The Bertz CT molecular complexity index is 671. The van der Waals surface area contributed by atoms with Crippen LogP contribution >= 0.6 is 0 Å². The highest BCUT2D eigenvalue weighted by Gasteiger charge is 2.38. The molecule has 2 aliphatic rings. The van der Waals surface area contributed by atoms with Crippen molar-refractivity contribution in [2.75, 3.05) is 7.11 Å². The van der Waals surface area contributed by atoms with Gasteiger partial charge in [0.15, 0.2) is 17.7 Å². The quantitative estimate of drug-likeness (QED) is 0.742. The maximum absolute atomic E-state index is 12.1. The summed E-state index contributed by atoms with van der Waals surface area (Å²) in [5.41, 5.74) is 0.321. The van der Waals surface area contributed by atoms with Crippen LogP contribution in [0.2, 0.25) is 0 Å². The van der Waals surface area contributed by atoms with Crippen LogP contribution in [0.15, 0.2) is 11.8 Å². The second kappa shape index (κ2) is 4.29. The smallest absolute Gasteiger partial charge is 0.303 e. The van der Waals surface area contributed by atoms with Gasteiger partial charge in [0.25, 0.3) is 0 Å². The van der Waals surface area contributed by atoms with Crippen LogP contribution in [0, 0.1) is 0 Å².